The molecule has 0 saturated carbocycles. The third kappa shape index (κ3) is 12.6. The summed E-state index contributed by atoms with van der Waals surface area (Å²) >= 11 is 0. The van der Waals surface area contributed by atoms with Gasteiger partial charge in [0.05, 0.1) is 19.3 Å². The molecule has 0 spiro atoms. The van der Waals surface area contributed by atoms with Gasteiger partial charge in [-0.05, 0) is 13.8 Å². The van der Waals surface area contributed by atoms with Crippen molar-refractivity contribution in [2.75, 3.05) is 13.2 Å². The molecular weight excluding hydrogens is 220 g/mol. The Kier molecular flexibility index (Phi) is 14.4. The zero-order valence-corrected chi connectivity index (χ0v) is 10.9. The Labute approximate surface area is 101 Å². The number of hydrogen-bond acceptors (Lipinski definition) is 4. The predicted molar refractivity (Wildman–Crippen MR) is 51.3 cm³/mol. The van der Waals surface area contributed by atoms with Crippen LogP contribution < -0.4 is 0 Å². The molecule has 0 heterocycles. The van der Waals surface area contributed by atoms with Crippen molar-refractivity contribution in [1.29, 1.82) is 0 Å². The van der Waals surface area contributed by atoms with Crippen molar-refractivity contribution in [1.82, 2.24) is 0 Å². The number of aliphatic hydroxyl groups is 4. The molecule has 0 aromatic heterocycles. The second-order valence-electron chi connectivity index (χ2n) is 3.94. The minimum absolute atomic E-state index is 0. The molecule has 0 amide bonds. The number of rotatable bonds is 3. The average molecular weight is 242 g/mol. The fraction of sp³-hybridized carbons (Fsp3) is 1.00. The molecule has 4 N–H and O–H groups in total. The van der Waals surface area contributed by atoms with Gasteiger partial charge in [0, 0.05) is 33.2 Å². The summed E-state index contributed by atoms with van der Waals surface area (Å²) in [6.45, 7) is 6.41. The van der Waals surface area contributed by atoms with Gasteiger partial charge in [-0.25, -0.2) is 0 Å². The van der Waals surface area contributed by atoms with Crippen LogP contribution in [0.4, 0.5) is 0 Å². The molecule has 0 radical (unpaired) electrons. The average Bonchev–Trinajstić information content (AvgIpc) is 2.02. The first kappa shape index (κ1) is 20.0. The van der Waals surface area contributed by atoms with Crippen LogP contribution in [-0.4, -0.2) is 45.8 Å². The smallest absolute Gasteiger partial charge is 0.0843 e. The van der Waals surface area contributed by atoms with Crippen LogP contribution in [0.15, 0.2) is 0 Å². The third-order valence-corrected chi connectivity index (χ3v) is 1.48. The van der Waals surface area contributed by atoms with Crippen LogP contribution >= 0.6 is 0 Å². The fourth-order valence-electron chi connectivity index (χ4n) is 0.352. The molecule has 0 saturated heterocycles. The van der Waals surface area contributed by atoms with E-state index >= 15 is 0 Å². The van der Waals surface area contributed by atoms with Crippen LogP contribution in [0.3, 0.4) is 0 Å². The molecule has 0 unspecified atom stereocenters. The number of hydrogen-bond donors (Lipinski definition) is 4. The van der Waals surface area contributed by atoms with E-state index in [1.807, 2.05) is 0 Å². The molecule has 0 aliphatic carbocycles. The van der Waals surface area contributed by atoms with Crippen molar-refractivity contribution in [3.05, 3.63) is 0 Å². The quantitative estimate of drug-likeness (QED) is 0.514. The summed E-state index contributed by atoms with van der Waals surface area (Å²) in [5.41, 5.74) is -0.589. The summed E-state index contributed by atoms with van der Waals surface area (Å²) in [6, 6.07) is 0. The summed E-state index contributed by atoms with van der Waals surface area (Å²) in [6.07, 6.45) is -0.998. The molecule has 0 bridgehead atoms. The van der Waals surface area contributed by atoms with Gasteiger partial charge in [0.1, 0.15) is 0 Å². The van der Waals surface area contributed by atoms with Crippen molar-refractivity contribution in [3.8, 4) is 0 Å². The Morgan fingerprint density at radius 1 is 1.07 bits per heavy atom. The fourth-order valence-corrected chi connectivity index (χ4v) is 0.352. The third-order valence-electron chi connectivity index (χ3n) is 1.48. The summed E-state index contributed by atoms with van der Waals surface area (Å²) < 4.78 is 0. The van der Waals surface area contributed by atoms with Crippen LogP contribution in [0.25, 0.3) is 0 Å². The molecular formula is C9H22O4Ti. The van der Waals surface area contributed by atoms with Crippen molar-refractivity contribution in [2.24, 2.45) is 5.41 Å². The monoisotopic (exact) mass is 242 g/mol. The van der Waals surface area contributed by atoms with Crippen molar-refractivity contribution in [2.45, 2.75) is 39.9 Å². The minimum Gasteiger partial charge on any atom is -0.396 e. The Hall–Kier alpha value is 0.554. The molecule has 4 nitrogen and oxygen atoms in total. The first-order chi connectivity index (χ1) is 5.77. The second-order valence-corrected chi connectivity index (χ2v) is 3.94. The summed E-state index contributed by atoms with van der Waals surface area (Å²) in [7, 11) is 0. The van der Waals surface area contributed by atoms with Crippen LogP contribution in [0.2, 0.25) is 0 Å². The van der Waals surface area contributed by atoms with E-state index in [1.165, 1.54) is 0 Å². The van der Waals surface area contributed by atoms with Gasteiger partial charge in [-0.2, -0.15) is 0 Å². The van der Waals surface area contributed by atoms with Crippen molar-refractivity contribution >= 4 is 0 Å². The van der Waals surface area contributed by atoms with E-state index in [4.69, 9.17) is 20.4 Å². The van der Waals surface area contributed by atoms with Crippen molar-refractivity contribution < 1.29 is 42.1 Å². The second kappa shape index (κ2) is 10.1. The molecule has 0 aromatic rings. The molecule has 0 aliphatic heterocycles. The normalized spacial score (nSPS) is 12.6. The maximum absolute atomic E-state index is 8.98. The Morgan fingerprint density at radius 3 is 1.43 bits per heavy atom. The standard InChI is InChI=1S/C6H14O3.C3H8O.Ti/c1-6(2,4-8)5(9)3-7;1-3(2)4;/h5,7-9H,3-4H2,1-2H3;3-4H,1-2H3;/t5-;;/m1../s1. The molecule has 1 atom stereocenters. The SMILES string of the molecule is CC(C)(CO)[C@H](O)CO.CC(C)O.[Ti]. The van der Waals surface area contributed by atoms with Gasteiger partial charge in [-0.3, -0.25) is 0 Å². The van der Waals surface area contributed by atoms with E-state index < -0.39 is 11.5 Å². The molecule has 0 aliphatic rings. The first-order valence-corrected chi connectivity index (χ1v) is 4.35. The van der Waals surface area contributed by atoms with E-state index in [0.717, 1.165) is 0 Å². The Bertz CT molecular complexity index is 115. The maximum Gasteiger partial charge on any atom is 0.0843 e. The predicted octanol–water partition coefficient (Wildman–Crippen LogP) is -0.257. The van der Waals surface area contributed by atoms with Crippen LogP contribution in [0.5, 0.6) is 0 Å². The maximum atomic E-state index is 8.98. The number of aliphatic hydroxyl groups excluding tert-OH is 4. The van der Waals surface area contributed by atoms with Crippen molar-refractivity contribution in [3.63, 3.8) is 0 Å². The minimum atomic E-state index is -0.831. The first-order valence-electron chi connectivity index (χ1n) is 4.35. The zero-order valence-electron chi connectivity index (χ0n) is 9.36. The van der Waals surface area contributed by atoms with Gasteiger partial charge in [-0.1, -0.05) is 13.8 Å². The van der Waals surface area contributed by atoms with E-state index in [0.29, 0.717) is 0 Å². The molecule has 14 heavy (non-hydrogen) atoms. The molecule has 0 aromatic carbocycles. The summed E-state index contributed by atoms with van der Waals surface area (Å²) in [5, 5.41) is 34.1. The largest absolute Gasteiger partial charge is 0.396 e. The molecule has 0 rings (SSSR count). The molecule has 0 fully saturated rings. The van der Waals surface area contributed by atoms with Gasteiger partial charge < -0.3 is 20.4 Å². The van der Waals surface area contributed by atoms with Gasteiger partial charge in [-0.15, -0.1) is 0 Å². The van der Waals surface area contributed by atoms with Gasteiger partial charge in [0.25, 0.3) is 0 Å². The molecule has 5 heteroatoms. The summed E-state index contributed by atoms with van der Waals surface area (Å²) in [4.78, 5) is 0. The van der Waals surface area contributed by atoms with E-state index in [2.05, 4.69) is 0 Å². The van der Waals surface area contributed by atoms with E-state index in [1.54, 1.807) is 27.7 Å². The van der Waals surface area contributed by atoms with Crippen LogP contribution in [0.1, 0.15) is 27.7 Å². The van der Waals surface area contributed by atoms with Crippen LogP contribution in [-0.2, 0) is 21.7 Å². The Balaban J connectivity index is -0.000000209. The van der Waals surface area contributed by atoms with E-state index in [-0.39, 0.29) is 41.0 Å². The zero-order chi connectivity index (χ0) is 11.1. The van der Waals surface area contributed by atoms with Gasteiger partial charge >= 0.3 is 0 Å². The summed E-state index contributed by atoms with van der Waals surface area (Å²) in [5.74, 6) is 0. The van der Waals surface area contributed by atoms with E-state index in [9.17, 15) is 0 Å². The topological polar surface area (TPSA) is 80.9 Å². The van der Waals surface area contributed by atoms with Gasteiger partial charge in [0.15, 0.2) is 0 Å². The van der Waals surface area contributed by atoms with Crippen LogP contribution in [0, 0.1) is 5.41 Å². The Morgan fingerprint density at radius 2 is 1.36 bits per heavy atom. The molecule has 86 valence electrons. The van der Waals surface area contributed by atoms with Gasteiger partial charge in [0.2, 0.25) is 0 Å².